The molecule has 0 bridgehead atoms. The van der Waals surface area contributed by atoms with Crippen molar-refractivity contribution in [3.8, 4) is 5.75 Å². The Balaban J connectivity index is 2.53. The average Bonchev–Trinajstić information content (AvgIpc) is 2.34. The molecule has 0 saturated heterocycles. The molecular weight excluding hydrogens is 256 g/mol. The third-order valence-electron chi connectivity index (χ3n) is 2.30. The van der Waals surface area contributed by atoms with Crippen molar-refractivity contribution < 1.29 is 23.0 Å². The predicted molar refractivity (Wildman–Crippen MR) is 68.4 cm³/mol. The Labute approximate surface area is 107 Å². The molecule has 1 aromatic rings. The summed E-state index contributed by atoms with van der Waals surface area (Å²) < 4.78 is 33.5. The zero-order valence-corrected chi connectivity index (χ0v) is 11.1. The van der Waals surface area contributed by atoms with Crippen molar-refractivity contribution >= 4 is 9.84 Å². The van der Waals surface area contributed by atoms with Gasteiger partial charge < -0.3 is 14.6 Å². The van der Waals surface area contributed by atoms with Crippen molar-refractivity contribution in [2.24, 2.45) is 0 Å². The summed E-state index contributed by atoms with van der Waals surface area (Å²) in [4.78, 5) is 0. The van der Waals surface area contributed by atoms with Crippen LogP contribution in [0.5, 0.6) is 5.75 Å². The summed E-state index contributed by atoms with van der Waals surface area (Å²) in [5, 5.41) is 8.50. The lowest BCUT2D eigenvalue weighted by atomic mass is 10.2. The van der Waals surface area contributed by atoms with Crippen LogP contribution in [0.1, 0.15) is 5.56 Å². The SMILES string of the molecule is COc1cccc(CS(=O)(=O)CCOCCO)c1. The van der Waals surface area contributed by atoms with Gasteiger partial charge in [0.25, 0.3) is 0 Å². The van der Waals surface area contributed by atoms with E-state index in [4.69, 9.17) is 14.6 Å². The number of methoxy groups -OCH3 is 1. The molecule has 0 saturated carbocycles. The number of benzene rings is 1. The van der Waals surface area contributed by atoms with Crippen LogP contribution in [0.25, 0.3) is 0 Å². The second-order valence-corrected chi connectivity index (χ2v) is 5.96. The molecule has 5 nitrogen and oxygen atoms in total. The van der Waals surface area contributed by atoms with Gasteiger partial charge in [-0.05, 0) is 17.7 Å². The minimum absolute atomic E-state index is 0.0350. The minimum Gasteiger partial charge on any atom is -0.497 e. The lowest BCUT2D eigenvalue weighted by Crippen LogP contribution is -2.15. The van der Waals surface area contributed by atoms with Gasteiger partial charge in [-0.25, -0.2) is 8.42 Å². The number of sulfone groups is 1. The lowest BCUT2D eigenvalue weighted by molar-refractivity contribution is 0.103. The molecule has 0 atom stereocenters. The topological polar surface area (TPSA) is 72.8 Å². The van der Waals surface area contributed by atoms with Gasteiger partial charge in [0.1, 0.15) is 5.75 Å². The van der Waals surface area contributed by atoms with Crippen molar-refractivity contribution in [2.75, 3.05) is 32.7 Å². The fourth-order valence-electron chi connectivity index (χ4n) is 1.44. The highest BCUT2D eigenvalue weighted by Gasteiger charge is 2.12. The number of aliphatic hydroxyl groups is 1. The molecule has 0 aliphatic rings. The molecule has 0 aliphatic carbocycles. The third kappa shape index (κ3) is 5.48. The standard InChI is InChI=1S/C12H18O5S/c1-16-12-4-2-3-11(9-12)10-18(14,15)8-7-17-6-5-13/h2-4,9,13H,5-8,10H2,1H3. The molecule has 0 fully saturated rings. The smallest absolute Gasteiger partial charge is 0.156 e. The van der Waals surface area contributed by atoms with E-state index in [-0.39, 0.29) is 31.3 Å². The minimum atomic E-state index is -3.20. The summed E-state index contributed by atoms with van der Waals surface area (Å²) in [6, 6.07) is 6.97. The van der Waals surface area contributed by atoms with Crippen molar-refractivity contribution in [3.05, 3.63) is 29.8 Å². The van der Waals surface area contributed by atoms with Gasteiger partial charge in [0, 0.05) is 0 Å². The van der Waals surface area contributed by atoms with E-state index in [2.05, 4.69) is 0 Å². The number of hydrogen-bond donors (Lipinski definition) is 1. The average molecular weight is 274 g/mol. The highest BCUT2D eigenvalue weighted by Crippen LogP contribution is 2.15. The summed E-state index contributed by atoms with van der Waals surface area (Å²) in [5.41, 5.74) is 0.691. The second kappa shape index (κ2) is 7.35. The molecule has 102 valence electrons. The monoisotopic (exact) mass is 274 g/mol. The van der Waals surface area contributed by atoms with Gasteiger partial charge >= 0.3 is 0 Å². The van der Waals surface area contributed by atoms with Crippen LogP contribution in [0.2, 0.25) is 0 Å². The summed E-state index contributed by atoms with van der Waals surface area (Å²) in [5.74, 6) is 0.552. The van der Waals surface area contributed by atoms with Crippen molar-refractivity contribution in [3.63, 3.8) is 0 Å². The summed E-state index contributed by atoms with van der Waals surface area (Å²) in [7, 11) is -1.66. The lowest BCUT2D eigenvalue weighted by Gasteiger charge is -2.06. The zero-order valence-electron chi connectivity index (χ0n) is 10.3. The summed E-state index contributed by atoms with van der Waals surface area (Å²) >= 11 is 0. The van der Waals surface area contributed by atoms with E-state index < -0.39 is 9.84 Å². The van der Waals surface area contributed by atoms with E-state index in [1.54, 1.807) is 24.3 Å². The van der Waals surface area contributed by atoms with E-state index >= 15 is 0 Å². The summed E-state index contributed by atoms with van der Waals surface area (Å²) in [6.45, 7) is 0.164. The Bertz CT molecular complexity index is 455. The van der Waals surface area contributed by atoms with Gasteiger partial charge in [-0.1, -0.05) is 12.1 Å². The fraction of sp³-hybridized carbons (Fsp3) is 0.500. The Morgan fingerprint density at radius 1 is 1.28 bits per heavy atom. The van der Waals surface area contributed by atoms with Gasteiger partial charge in [0.05, 0.1) is 38.4 Å². The number of rotatable bonds is 8. The third-order valence-corrected chi connectivity index (χ3v) is 3.86. The van der Waals surface area contributed by atoms with E-state index in [1.807, 2.05) is 0 Å². The highest BCUT2D eigenvalue weighted by atomic mass is 32.2. The first-order chi connectivity index (χ1) is 8.57. The first-order valence-electron chi connectivity index (χ1n) is 5.59. The van der Waals surface area contributed by atoms with E-state index in [0.29, 0.717) is 11.3 Å². The molecule has 0 heterocycles. The zero-order chi connectivity index (χ0) is 13.4. The number of ether oxygens (including phenoxy) is 2. The van der Waals surface area contributed by atoms with Crippen LogP contribution >= 0.6 is 0 Å². The van der Waals surface area contributed by atoms with Gasteiger partial charge in [-0.3, -0.25) is 0 Å². The van der Waals surface area contributed by atoms with Crippen molar-refractivity contribution in [2.45, 2.75) is 5.75 Å². The highest BCUT2D eigenvalue weighted by molar-refractivity contribution is 7.90. The number of aliphatic hydroxyl groups excluding tert-OH is 1. The van der Waals surface area contributed by atoms with Gasteiger partial charge in [0.2, 0.25) is 0 Å². The molecule has 0 unspecified atom stereocenters. The van der Waals surface area contributed by atoms with E-state index in [9.17, 15) is 8.42 Å². The maximum atomic E-state index is 11.8. The molecule has 6 heteroatoms. The van der Waals surface area contributed by atoms with Crippen LogP contribution in [0.15, 0.2) is 24.3 Å². The van der Waals surface area contributed by atoms with Gasteiger partial charge in [0.15, 0.2) is 9.84 Å². The maximum absolute atomic E-state index is 11.8. The Morgan fingerprint density at radius 3 is 2.72 bits per heavy atom. The molecule has 18 heavy (non-hydrogen) atoms. The van der Waals surface area contributed by atoms with E-state index in [1.165, 1.54) is 7.11 Å². The molecule has 1 rings (SSSR count). The Kier molecular flexibility index (Phi) is 6.11. The molecule has 0 aliphatic heterocycles. The van der Waals surface area contributed by atoms with Gasteiger partial charge in [-0.2, -0.15) is 0 Å². The molecule has 1 aromatic carbocycles. The second-order valence-electron chi connectivity index (χ2n) is 3.78. The predicted octanol–water partition coefficient (Wildman–Crippen LogP) is 0.619. The largest absolute Gasteiger partial charge is 0.497 e. The first-order valence-corrected chi connectivity index (χ1v) is 7.41. The van der Waals surface area contributed by atoms with Crippen molar-refractivity contribution in [1.29, 1.82) is 0 Å². The van der Waals surface area contributed by atoms with Crippen LogP contribution < -0.4 is 4.74 Å². The maximum Gasteiger partial charge on any atom is 0.156 e. The summed E-state index contributed by atoms with van der Waals surface area (Å²) in [6.07, 6.45) is 0. The van der Waals surface area contributed by atoms with Crippen LogP contribution in [0.4, 0.5) is 0 Å². The van der Waals surface area contributed by atoms with Crippen LogP contribution in [0.3, 0.4) is 0 Å². The molecule has 0 amide bonds. The normalized spacial score (nSPS) is 11.4. The number of hydrogen-bond acceptors (Lipinski definition) is 5. The van der Waals surface area contributed by atoms with Gasteiger partial charge in [-0.15, -0.1) is 0 Å². The fourth-order valence-corrected chi connectivity index (χ4v) is 2.64. The Hall–Kier alpha value is -1.11. The van der Waals surface area contributed by atoms with E-state index in [0.717, 1.165) is 0 Å². The molecule has 0 aromatic heterocycles. The van der Waals surface area contributed by atoms with Crippen molar-refractivity contribution in [1.82, 2.24) is 0 Å². The molecule has 0 radical (unpaired) electrons. The van der Waals surface area contributed by atoms with Crippen LogP contribution in [-0.2, 0) is 20.3 Å². The van der Waals surface area contributed by atoms with Crippen LogP contribution in [0, 0.1) is 0 Å². The molecule has 0 spiro atoms. The van der Waals surface area contributed by atoms with Crippen LogP contribution in [-0.4, -0.2) is 46.2 Å². The molecular formula is C12H18O5S. The Morgan fingerprint density at radius 2 is 2.06 bits per heavy atom. The quantitative estimate of drug-likeness (QED) is 0.703. The first kappa shape index (κ1) is 14.9. The molecule has 1 N–H and O–H groups in total.